The molecule has 0 saturated carbocycles. The van der Waals surface area contributed by atoms with Gasteiger partial charge in [-0.05, 0) is 26.0 Å². The van der Waals surface area contributed by atoms with E-state index in [0.29, 0.717) is 29.6 Å². The molecule has 0 aliphatic rings. The molecule has 0 radical (unpaired) electrons. The number of hydrogen-bond acceptors (Lipinski definition) is 5. The highest BCUT2D eigenvalue weighted by Crippen LogP contribution is 2.26. The van der Waals surface area contributed by atoms with Crippen LogP contribution in [0, 0.1) is 6.92 Å². The van der Waals surface area contributed by atoms with E-state index in [1.807, 2.05) is 19.1 Å². The Morgan fingerprint density at radius 3 is 2.48 bits per heavy atom. The molecule has 0 aliphatic carbocycles. The van der Waals surface area contributed by atoms with E-state index in [2.05, 4.69) is 9.97 Å². The fourth-order valence-electron chi connectivity index (χ4n) is 2.09. The Morgan fingerprint density at radius 1 is 1.26 bits per heavy atom. The maximum absolute atomic E-state index is 11.9. The smallest absolute Gasteiger partial charge is 0.308 e. The standard InChI is InChI=1S/C16H18N2O5/c1-3-22-12-6-4-5-7-13(12)23-9-14-17-10(2)11(8-15(19)20)16(21)18-14/h4-7H,3,8-9H2,1-2H3,(H,19,20)(H,17,18,21). The van der Waals surface area contributed by atoms with Crippen molar-refractivity contribution in [2.75, 3.05) is 6.61 Å². The number of para-hydroxylation sites is 2. The minimum atomic E-state index is -1.07. The molecule has 0 spiro atoms. The molecule has 122 valence electrons. The quantitative estimate of drug-likeness (QED) is 0.805. The van der Waals surface area contributed by atoms with Crippen LogP contribution in [0.4, 0.5) is 0 Å². The molecule has 0 atom stereocenters. The van der Waals surface area contributed by atoms with Crippen molar-refractivity contribution in [2.45, 2.75) is 26.9 Å². The van der Waals surface area contributed by atoms with E-state index in [1.54, 1.807) is 19.1 Å². The van der Waals surface area contributed by atoms with E-state index in [9.17, 15) is 9.59 Å². The van der Waals surface area contributed by atoms with E-state index in [0.717, 1.165) is 0 Å². The van der Waals surface area contributed by atoms with Crippen LogP contribution in [-0.2, 0) is 17.8 Å². The van der Waals surface area contributed by atoms with Gasteiger partial charge in [-0.2, -0.15) is 0 Å². The van der Waals surface area contributed by atoms with E-state index in [-0.39, 0.29) is 18.6 Å². The minimum Gasteiger partial charge on any atom is -0.490 e. The normalized spacial score (nSPS) is 10.3. The number of carboxylic acids is 1. The van der Waals surface area contributed by atoms with Crippen molar-refractivity contribution in [1.82, 2.24) is 9.97 Å². The molecule has 1 aromatic heterocycles. The van der Waals surface area contributed by atoms with Gasteiger partial charge in [0, 0.05) is 11.3 Å². The second kappa shape index (κ2) is 7.44. The van der Waals surface area contributed by atoms with Gasteiger partial charge >= 0.3 is 5.97 Å². The van der Waals surface area contributed by atoms with Gasteiger partial charge in [0.1, 0.15) is 12.4 Å². The van der Waals surface area contributed by atoms with Crippen LogP contribution < -0.4 is 15.0 Å². The molecule has 7 nitrogen and oxygen atoms in total. The van der Waals surface area contributed by atoms with Crippen LogP contribution in [0.25, 0.3) is 0 Å². The Labute approximate surface area is 132 Å². The first-order chi connectivity index (χ1) is 11.0. The summed E-state index contributed by atoms with van der Waals surface area (Å²) in [5.41, 5.74) is 0.0698. The number of aryl methyl sites for hydroxylation is 1. The minimum absolute atomic E-state index is 0.0491. The van der Waals surface area contributed by atoms with Crippen molar-refractivity contribution in [3.05, 3.63) is 51.7 Å². The molecule has 2 N–H and O–H groups in total. The van der Waals surface area contributed by atoms with Crippen molar-refractivity contribution in [3.63, 3.8) is 0 Å². The summed E-state index contributed by atoms with van der Waals surface area (Å²) in [6.07, 6.45) is -0.359. The van der Waals surface area contributed by atoms with Crippen molar-refractivity contribution in [3.8, 4) is 11.5 Å². The number of hydrogen-bond donors (Lipinski definition) is 2. The lowest BCUT2D eigenvalue weighted by atomic mass is 10.2. The number of nitrogens with one attached hydrogen (secondary N) is 1. The Balaban J connectivity index is 2.16. The summed E-state index contributed by atoms with van der Waals surface area (Å²) in [6, 6.07) is 7.20. The second-order valence-corrected chi connectivity index (χ2v) is 4.82. The topological polar surface area (TPSA) is 102 Å². The van der Waals surface area contributed by atoms with Gasteiger partial charge in [-0.15, -0.1) is 0 Å². The van der Waals surface area contributed by atoms with E-state index >= 15 is 0 Å². The average Bonchev–Trinajstić information content (AvgIpc) is 2.50. The molecule has 0 bridgehead atoms. The number of nitrogens with zero attached hydrogens (tertiary/aromatic N) is 1. The van der Waals surface area contributed by atoms with Gasteiger partial charge in [-0.3, -0.25) is 9.59 Å². The third kappa shape index (κ3) is 4.32. The van der Waals surface area contributed by atoms with Gasteiger partial charge in [0.05, 0.1) is 13.0 Å². The summed E-state index contributed by atoms with van der Waals surface area (Å²) in [7, 11) is 0. The molecule has 23 heavy (non-hydrogen) atoms. The van der Waals surface area contributed by atoms with Crippen molar-refractivity contribution in [1.29, 1.82) is 0 Å². The zero-order chi connectivity index (χ0) is 16.8. The predicted molar refractivity (Wildman–Crippen MR) is 82.9 cm³/mol. The lowest BCUT2D eigenvalue weighted by Gasteiger charge is -2.11. The molecule has 1 heterocycles. The van der Waals surface area contributed by atoms with Crippen LogP contribution in [0.5, 0.6) is 11.5 Å². The number of carboxylic acid groups (broad SMARTS) is 1. The molecule has 2 aromatic rings. The number of rotatable bonds is 7. The van der Waals surface area contributed by atoms with Gasteiger partial charge in [0.2, 0.25) is 0 Å². The van der Waals surface area contributed by atoms with Crippen LogP contribution in [0.2, 0.25) is 0 Å². The molecule has 2 rings (SSSR count). The molecule has 0 saturated heterocycles. The molecule has 0 fully saturated rings. The summed E-state index contributed by atoms with van der Waals surface area (Å²) in [6.45, 7) is 4.04. The zero-order valence-electron chi connectivity index (χ0n) is 13.0. The van der Waals surface area contributed by atoms with Crippen LogP contribution in [0.1, 0.15) is 24.0 Å². The highest BCUT2D eigenvalue weighted by molar-refractivity contribution is 5.70. The van der Waals surface area contributed by atoms with Gasteiger partial charge < -0.3 is 19.6 Å². The number of ether oxygens (including phenoxy) is 2. The average molecular weight is 318 g/mol. The molecule has 0 aliphatic heterocycles. The van der Waals surface area contributed by atoms with Gasteiger partial charge in [0.15, 0.2) is 11.5 Å². The predicted octanol–water partition coefficient (Wildman–Crippen LogP) is 1.68. The summed E-state index contributed by atoms with van der Waals surface area (Å²) in [5.74, 6) is 0.406. The fraction of sp³-hybridized carbons (Fsp3) is 0.312. The van der Waals surface area contributed by atoms with E-state index in [1.165, 1.54) is 0 Å². The molecule has 7 heteroatoms. The van der Waals surface area contributed by atoms with Crippen molar-refractivity contribution < 1.29 is 19.4 Å². The van der Waals surface area contributed by atoms with Crippen LogP contribution >= 0.6 is 0 Å². The summed E-state index contributed by atoms with van der Waals surface area (Å²) in [4.78, 5) is 29.4. The Morgan fingerprint density at radius 2 is 1.91 bits per heavy atom. The molecule has 0 unspecified atom stereocenters. The number of H-pyrrole nitrogens is 1. The van der Waals surface area contributed by atoms with Crippen molar-refractivity contribution >= 4 is 5.97 Å². The number of benzene rings is 1. The highest BCUT2D eigenvalue weighted by atomic mass is 16.5. The maximum Gasteiger partial charge on any atom is 0.308 e. The first-order valence-electron chi connectivity index (χ1n) is 7.16. The monoisotopic (exact) mass is 318 g/mol. The third-order valence-corrected chi connectivity index (χ3v) is 3.11. The molecule has 0 amide bonds. The molecular formula is C16H18N2O5. The van der Waals surface area contributed by atoms with Gasteiger partial charge in [-0.25, -0.2) is 4.98 Å². The van der Waals surface area contributed by atoms with E-state index < -0.39 is 11.5 Å². The third-order valence-electron chi connectivity index (χ3n) is 3.11. The largest absolute Gasteiger partial charge is 0.490 e. The Bertz CT molecular complexity index is 754. The number of aliphatic carboxylic acids is 1. The first kappa shape index (κ1) is 16.5. The van der Waals surface area contributed by atoms with Crippen LogP contribution in [0.3, 0.4) is 0 Å². The van der Waals surface area contributed by atoms with Gasteiger partial charge in [-0.1, -0.05) is 12.1 Å². The second-order valence-electron chi connectivity index (χ2n) is 4.82. The van der Waals surface area contributed by atoms with Gasteiger partial charge in [0.25, 0.3) is 5.56 Å². The fourth-order valence-corrected chi connectivity index (χ4v) is 2.09. The lowest BCUT2D eigenvalue weighted by Crippen LogP contribution is -2.22. The Kier molecular flexibility index (Phi) is 5.35. The maximum atomic E-state index is 11.9. The summed E-state index contributed by atoms with van der Waals surface area (Å²) >= 11 is 0. The number of aromatic nitrogens is 2. The SMILES string of the molecule is CCOc1ccccc1OCc1nc(C)c(CC(=O)O)c(=O)[nH]1. The highest BCUT2D eigenvalue weighted by Gasteiger charge is 2.12. The summed E-state index contributed by atoms with van der Waals surface area (Å²) in [5, 5.41) is 8.80. The number of aromatic amines is 1. The lowest BCUT2D eigenvalue weighted by molar-refractivity contribution is -0.136. The first-order valence-corrected chi connectivity index (χ1v) is 7.16. The molecular weight excluding hydrogens is 300 g/mol. The zero-order valence-corrected chi connectivity index (χ0v) is 13.0. The van der Waals surface area contributed by atoms with Crippen LogP contribution in [0.15, 0.2) is 29.1 Å². The van der Waals surface area contributed by atoms with Crippen LogP contribution in [-0.4, -0.2) is 27.7 Å². The Hall–Kier alpha value is -2.83. The molecule has 1 aromatic carbocycles. The van der Waals surface area contributed by atoms with Crippen molar-refractivity contribution in [2.24, 2.45) is 0 Å². The number of carbonyl (C=O) groups is 1. The summed E-state index contributed by atoms with van der Waals surface area (Å²) < 4.78 is 11.1. The van der Waals surface area contributed by atoms with E-state index in [4.69, 9.17) is 14.6 Å².